The zero-order valence-electron chi connectivity index (χ0n) is 12.3. The Kier molecular flexibility index (Phi) is 5.54. The second kappa shape index (κ2) is 6.87. The minimum absolute atomic E-state index is 0. The molecular weight excluding hydrogens is 390 g/mol. The zero-order chi connectivity index (χ0) is 13.7. The maximum Gasteiger partial charge on any atom is -1.00 e. The maximum absolute atomic E-state index is 2.41. The van der Waals surface area contributed by atoms with E-state index >= 15 is 0 Å². The number of allylic oxidation sites excluding steroid dienone is 4. The Labute approximate surface area is 159 Å². The van der Waals surface area contributed by atoms with Gasteiger partial charge in [-0.3, -0.25) is 0 Å². The summed E-state index contributed by atoms with van der Waals surface area (Å²) >= 11 is 1.54. The van der Waals surface area contributed by atoms with Crippen molar-refractivity contribution in [1.29, 1.82) is 0 Å². The first-order chi connectivity index (χ1) is 9.75. The minimum Gasteiger partial charge on any atom is -1.00 e. The van der Waals surface area contributed by atoms with E-state index in [1.54, 1.807) is 8.83 Å². The van der Waals surface area contributed by atoms with Crippen molar-refractivity contribution >= 4 is 8.84 Å². The Morgan fingerprint density at radius 1 is 1.05 bits per heavy atom. The minimum atomic E-state index is 0. The van der Waals surface area contributed by atoms with E-state index in [4.69, 9.17) is 0 Å². The third-order valence-corrected chi connectivity index (χ3v) is 5.76. The average Bonchev–Trinajstić information content (AvgIpc) is 3.07. The molecule has 2 aliphatic carbocycles. The van der Waals surface area contributed by atoms with Gasteiger partial charge in [-0.15, -0.1) is 0 Å². The van der Waals surface area contributed by atoms with Crippen molar-refractivity contribution in [2.24, 2.45) is 0 Å². The van der Waals surface area contributed by atoms with Crippen LogP contribution in [-0.2, 0) is 31.1 Å². The van der Waals surface area contributed by atoms with Gasteiger partial charge in [-0.25, -0.2) is 0 Å². The van der Waals surface area contributed by atoms with Gasteiger partial charge in [0.05, 0.1) is 0 Å². The molecule has 0 aromatic heterocycles. The van der Waals surface area contributed by atoms with Crippen LogP contribution in [0.2, 0.25) is 0 Å². The SMILES string of the molecule is Cc1cc2c([c]([Zr+2])c1C1=CC=CC1)Cc1ccccc1-2.[Cl-].[Cl-]. The van der Waals surface area contributed by atoms with Gasteiger partial charge in [0.2, 0.25) is 0 Å². The largest absolute Gasteiger partial charge is 1.00 e. The quantitative estimate of drug-likeness (QED) is 0.443. The van der Waals surface area contributed by atoms with E-state index in [1.165, 1.54) is 58.1 Å². The van der Waals surface area contributed by atoms with Gasteiger partial charge < -0.3 is 24.8 Å². The van der Waals surface area contributed by atoms with E-state index in [-0.39, 0.29) is 24.8 Å². The summed E-state index contributed by atoms with van der Waals surface area (Å²) in [5.74, 6) is 0. The summed E-state index contributed by atoms with van der Waals surface area (Å²) in [5, 5.41) is 0. The van der Waals surface area contributed by atoms with Gasteiger partial charge in [-0.2, -0.15) is 0 Å². The average molecular weight is 405 g/mol. The molecule has 0 atom stereocenters. The monoisotopic (exact) mass is 403 g/mol. The predicted octanol–water partition coefficient (Wildman–Crippen LogP) is -1.91. The molecule has 0 heterocycles. The molecule has 2 aliphatic rings. The molecule has 4 rings (SSSR count). The predicted molar refractivity (Wildman–Crippen MR) is 80.8 cm³/mol. The second-order valence-electron chi connectivity index (χ2n) is 5.63. The normalized spacial score (nSPS) is 13.9. The van der Waals surface area contributed by atoms with E-state index < -0.39 is 0 Å². The molecule has 109 valence electrons. The second-order valence-corrected chi connectivity index (χ2v) is 6.86. The number of hydrogen-bond acceptors (Lipinski definition) is 0. The van der Waals surface area contributed by atoms with Crippen molar-refractivity contribution in [2.75, 3.05) is 0 Å². The Balaban J connectivity index is 0.000000882. The van der Waals surface area contributed by atoms with E-state index in [0.717, 1.165) is 12.8 Å². The van der Waals surface area contributed by atoms with Crippen LogP contribution in [0.4, 0.5) is 0 Å². The van der Waals surface area contributed by atoms with Crippen LogP contribution in [0, 0.1) is 6.92 Å². The van der Waals surface area contributed by atoms with Crippen LogP contribution >= 0.6 is 0 Å². The molecule has 0 spiro atoms. The van der Waals surface area contributed by atoms with Crippen LogP contribution in [-0.4, -0.2) is 0 Å². The molecule has 0 unspecified atom stereocenters. The molecular formula is C19H15Cl2Zr. The van der Waals surface area contributed by atoms with Crippen molar-refractivity contribution in [2.45, 2.75) is 19.8 Å². The Morgan fingerprint density at radius 3 is 2.55 bits per heavy atom. The van der Waals surface area contributed by atoms with Crippen molar-refractivity contribution < 1.29 is 49.5 Å². The van der Waals surface area contributed by atoms with Gasteiger partial charge in [0.1, 0.15) is 0 Å². The fourth-order valence-electron chi connectivity index (χ4n) is 3.46. The molecule has 0 nitrogen and oxygen atoms in total. The fraction of sp³-hybridized carbons (Fsp3) is 0.158. The molecule has 0 saturated carbocycles. The molecule has 2 aromatic carbocycles. The van der Waals surface area contributed by atoms with Crippen molar-refractivity contribution in [1.82, 2.24) is 0 Å². The number of benzene rings is 2. The number of rotatable bonds is 1. The van der Waals surface area contributed by atoms with Gasteiger partial charge in [0.25, 0.3) is 0 Å². The molecule has 0 N–H and O–H groups in total. The van der Waals surface area contributed by atoms with Crippen molar-refractivity contribution in [3.63, 3.8) is 0 Å². The molecule has 0 bridgehead atoms. The summed E-state index contributed by atoms with van der Waals surface area (Å²) in [6.07, 6.45) is 8.93. The molecule has 0 amide bonds. The number of aryl methyl sites for hydroxylation is 1. The Morgan fingerprint density at radius 2 is 1.82 bits per heavy atom. The van der Waals surface area contributed by atoms with Crippen LogP contribution in [0.1, 0.15) is 28.7 Å². The first kappa shape index (κ1) is 17.7. The first-order valence-corrected chi connectivity index (χ1v) is 8.31. The molecule has 0 saturated heterocycles. The molecule has 3 heteroatoms. The van der Waals surface area contributed by atoms with Crippen LogP contribution in [0.15, 0.2) is 48.6 Å². The Bertz CT molecular complexity index is 788. The number of fused-ring (bicyclic) bond motifs is 3. The molecule has 0 fully saturated rings. The molecule has 2 aromatic rings. The van der Waals surface area contributed by atoms with Crippen LogP contribution in [0.25, 0.3) is 16.7 Å². The third-order valence-electron chi connectivity index (χ3n) is 4.40. The summed E-state index contributed by atoms with van der Waals surface area (Å²) in [4.78, 5) is 0. The number of halogens is 2. The Hall–Kier alpha value is -0.617. The fourth-order valence-corrected chi connectivity index (χ4v) is 4.88. The van der Waals surface area contributed by atoms with Crippen LogP contribution in [0.3, 0.4) is 0 Å². The smallest absolute Gasteiger partial charge is 1.00 e. The standard InChI is InChI=1S/C19H15.2ClH.Zr/c1-13-10-19-16(11-15-8-4-5-9-17(15)19)12-18(13)14-6-2-3-7-14;;;/h2-6,8-10H,7,11H2,1H3;2*1H;/q;;;+2/p-2. The van der Waals surface area contributed by atoms with Crippen molar-refractivity contribution in [3.05, 3.63) is 70.8 Å². The van der Waals surface area contributed by atoms with Gasteiger partial charge in [0.15, 0.2) is 0 Å². The molecule has 0 radical (unpaired) electrons. The van der Waals surface area contributed by atoms with Gasteiger partial charge in [-0.1, -0.05) is 0 Å². The van der Waals surface area contributed by atoms with E-state index in [1.807, 2.05) is 0 Å². The summed E-state index contributed by atoms with van der Waals surface area (Å²) in [5.41, 5.74) is 10.4. The summed E-state index contributed by atoms with van der Waals surface area (Å²) < 4.78 is 1.57. The van der Waals surface area contributed by atoms with Gasteiger partial charge in [0, 0.05) is 0 Å². The van der Waals surface area contributed by atoms with Gasteiger partial charge in [-0.05, 0) is 0 Å². The van der Waals surface area contributed by atoms with Crippen molar-refractivity contribution in [3.8, 4) is 11.1 Å². The van der Waals surface area contributed by atoms with Crippen LogP contribution in [0.5, 0.6) is 0 Å². The van der Waals surface area contributed by atoms with Gasteiger partial charge >= 0.3 is 135 Å². The van der Waals surface area contributed by atoms with E-state index in [9.17, 15) is 0 Å². The summed E-state index contributed by atoms with van der Waals surface area (Å²) in [7, 11) is 0. The molecule has 22 heavy (non-hydrogen) atoms. The zero-order valence-corrected chi connectivity index (χ0v) is 16.3. The molecule has 0 aliphatic heterocycles. The van der Waals surface area contributed by atoms with E-state index in [0.29, 0.717) is 0 Å². The maximum atomic E-state index is 2.41. The first-order valence-electron chi connectivity index (χ1n) is 7.08. The van der Waals surface area contributed by atoms with E-state index in [2.05, 4.69) is 55.5 Å². The summed E-state index contributed by atoms with van der Waals surface area (Å²) in [6, 6.07) is 11.3. The van der Waals surface area contributed by atoms with Crippen LogP contribution < -0.4 is 28.1 Å². The third kappa shape index (κ3) is 2.69. The number of hydrogen-bond donors (Lipinski definition) is 0. The topological polar surface area (TPSA) is 0 Å². The summed E-state index contributed by atoms with van der Waals surface area (Å²) in [6.45, 7) is 2.27.